The first-order chi connectivity index (χ1) is 13.6. The van der Waals surface area contributed by atoms with E-state index in [0.29, 0.717) is 12.2 Å². The summed E-state index contributed by atoms with van der Waals surface area (Å²) in [4.78, 5) is 16.4. The molecule has 6 nitrogen and oxygen atoms in total. The van der Waals surface area contributed by atoms with Crippen molar-refractivity contribution in [3.8, 4) is 27.7 Å². The number of hydrogen-bond donors (Lipinski definition) is 1. The topological polar surface area (TPSA) is 77.5 Å². The summed E-state index contributed by atoms with van der Waals surface area (Å²) in [6, 6.07) is 13.1. The molecule has 0 radical (unpaired) electrons. The summed E-state index contributed by atoms with van der Waals surface area (Å²) >= 11 is 1.51. The van der Waals surface area contributed by atoms with E-state index in [1.165, 1.54) is 11.3 Å². The molecule has 1 aromatic carbocycles. The van der Waals surface area contributed by atoms with Crippen LogP contribution >= 0.6 is 11.3 Å². The van der Waals surface area contributed by atoms with Gasteiger partial charge in [0.05, 0.1) is 36.9 Å². The minimum atomic E-state index is -0.956. The second-order valence-corrected chi connectivity index (χ2v) is 7.12. The van der Waals surface area contributed by atoms with Crippen molar-refractivity contribution in [2.75, 3.05) is 7.11 Å². The molecule has 3 aromatic heterocycles. The highest BCUT2D eigenvalue weighted by molar-refractivity contribution is 7.13. The molecule has 0 atom stereocenters. The van der Waals surface area contributed by atoms with E-state index in [2.05, 4.69) is 0 Å². The van der Waals surface area contributed by atoms with Gasteiger partial charge in [-0.1, -0.05) is 0 Å². The fourth-order valence-electron chi connectivity index (χ4n) is 3.09. The Morgan fingerprint density at radius 1 is 1.29 bits per heavy atom. The first kappa shape index (κ1) is 18.1. The Hall–Kier alpha value is -3.32. The highest BCUT2D eigenvalue weighted by Gasteiger charge is 2.20. The van der Waals surface area contributed by atoms with Gasteiger partial charge in [-0.05, 0) is 49.4 Å². The Labute approximate surface area is 165 Å². The molecule has 0 aliphatic rings. The number of methoxy groups -OCH3 is 1. The van der Waals surface area contributed by atoms with Gasteiger partial charge in [0.1, 0.15) is 16.5 Å². The van der Waals surface area contributed by atoms with Gasteiger partial charge in [-0.15, -0.1) is 11.3 Å². The van der Waals surface area contributed by atoms with Crippen molar-refractivity contribution in [2.45, 2.75) is 13.5 Å². The summed E-state index contributed by atoms with van der Waals surface area (Å²) in [7, 11) is 1.63. The first-order valence-electron chi connectivity index (χ1n) is 8.63. The number of ether oxygens (including phenoxy) is 1. The van der Waals surface area contributed by atoms with E-state index < -0.39 is 5.97 Å². The number of benzene rings is 1. The van der Waals surface area contributed by atoms with Crippen molar-refractivity contribution in [2.24, 2.45) is 0 Å². The fraction of sp³-hybridized carbons (Fsp3) is 0.143. The summed E-state index contributed by atoms with van der Waals surface area (Å²) in [5, 5.41) is 12.3. The third kappa shape index (κ3) is 3.32. The van der Waals surface area contributed by atoms with Crippen molar-refractivity contribution >= 4 is 17.3 Å². The van der Waals surface area contributed by atoms with E-state index in [1.807, 2.05) is 46.3 Å². The zero-order valence-corrected chi connectivity index (χ0v) is 16.2. The Bertz CT molecular complexity index is 1110. The maximum atomic E-state index is 11.6. The van der Waals surface area contributed by atoms with E-state index in [1.54, 1.807) is 26.4 Å². The SMILES string of the molecule is COc1ccc(-c2nc(-c3cc(C(=O)O)c(C)n3Cc3ccco3)cs2)cc1. The lowest BCUT2D eigenvalue weighted by Gasteiger charge is -2.08. The molecule has 3 heterocycles. The number of carboxylic acid groups (broad SMARTS) is 1. The van der Waals surface area contributed by atoms with E-state index in [4.69, 9.17) is 14.1 Å². The van der Waals surface area contributed by atoms with Gasteiger partial charge in [0.25, 0.3) is 0 Å². The molecule has 0 amide bonds. The van der Waals surface area contributed by atoms with Crippen molar-refractivity contribution in [3.05, 3.63) is 71.1 Å². The average molecular weight is 394 g/mol. The largest absolute Gasteiger partial charge is 0.497 e. The molecule has 0 bridgehead atoms. The lowest BCUT2D eigenvalue weighted by molar-refractivity contribution is 0.0696. The Kier molecular flexibility index (Phi) is 4.75. The van der Waals surface area contributed by atoms with Crippen LogP contribution in [0, 0.1) is 6.92 Å². The Morgan fingerprint density at radius 3 is 2.71 bits per heavy atom. The average Bonchev–Trinajstić information content (AvgIpc) is 3.44. The van der Waals surface area contributed by atoms with Gasteiger partial charge in [-0.3, -0.25) is 0 Å². The van der Waals surface area contributed by atoms with Crippen LogP contribution in [0.4, 0.5) is 0 Å². The molecule has 28 heavy (non-hydrogen) atoms. The molecular formula is C21H18N2O4S. The molecule has 1 N–H and O–H groups in total. The van der Waals surface area contributed by atoms with Crippen LogP contribution in [0.3, 0.4) is 0 Å². The second kappa shape index (κ2) is 7.36. The van der Waals surface area contributed by atoms with Crippen LogP contribution in [0.15, 0.2) is 58.5 Å². The third-order valence-corrected chi connectivity index (χ3v) is 5.49. The van der Waals surface area contributed by atoms with E-state index in [0.717, 1.165) is 33.5 Å². The Balaban J connectivity index is 1.75. The summed E-state index contributed by atoms with van der Waals surface area (Å²) in [5.74, 6) is 0.583. The van der Waals surface area contributed by atoms with Crippen LogP contribution in [0.25, 0.3) is 22.0 Å². The zero-order valence-electron chi connectivity index (χ0n) is 15.4. The molecule has 0 spiro atoms. The molecule has 0 saturated carbocycles. The summed E-state index contributed by atoms with van der Waals surface area (Å²) < 4.78 is 12.6. The minimum Gasteiger partial charge on any atom is -0.497 e. The van der Waals surface area contributed by atoms with Crippen LogP contribution in [0.2, 0.25) is 0 Å². The molecule has 7 heteroatoms. The van der Waals surface area contributed by atoms with Gasteiger partial charge in [-0.25, -0.2) is 9.78 Å². The minimum absolute atomic E-state index is 0.264. The van der Waals surface area contributed by atoms with E-state index in [-0.39, 0.29) is 5.56 Å². The maximum absolute atomic E-state index is 11.6. The lowest BCUT2D eigenvalue weighted by Crippen LogP contribution is -2.05. The monoisotopic (exact) mass is 394 g/mol. The predicted molar refractivity (Wildman–Crippen MR) is 107 cm³/mol. The van der Waals surface area contributed by atoms with E-state index in [9.17, 15) is 9.90 Å². The van der Waals surface area contributed by atoms with Gasteiger partial charge in [0, 0.05) is 16.6 Å². The van der Waals surface area contributed by atoms with Crippen molar-refractivity contribution in [3.63, 3.8) is 0 Å². The van der Waals surface area contributed by atoms with Gasteiger partial charge in [0.15, 0.2) is 0 Å². The zero-order chi connectivity index (χ0) is 19.7. The molecule has 4 aromatic rings. The number of hydrogen-bond acceptors (Lipinski definition) is 5. The second-order valence-electron chi connectivity index (χ2n) is 6.27. The number of carboxylic acids is 1. The van der Waals surface area contributed by atoms with Gasteiger partial charge in [0.2, 0.25) is 0 Å². The number of aromatic carboxylic acids is 1. The molecule has 0 saturated heterocycles. The number of nitrogens with zero attached hydrogens (tertiary/aromatic N) is 2. The quantitative estimate of drug-likeness (QED) is 0.501. The lowest BCUT2D eigenvalue weighted by atomic mass is 10.2. The number of aromatic nitrogens is 2. The standard InChI is InChI=1S/C21H18N2O4S/c1-13-17(21(24)25)10-19(23(13)11-16-4-3-9-27-16)18-12-28-20(22-18)14-5-7-15(26-2)8-6-14/h3-10,12H,11H2,1-2H3,(H,24,25). The normalized spacial score (nSPS) is 10.9. The number of furan rings is 1. The van der Waals surface area contributed by atoms with Crippen molar-refractivity contribution in [1.82, 2.24) is 9.55 Å². The fourth-order valence-corrected chi connectivity index (χ4v) is 3.91. The molecule has 0 aliphatic carbocycles. The predicted octanol–water partition coefficient (Wildman–Crippen LogP) is 4.94. The summed E-state index contributed by atoms with van der Waals surface area (Å²) in [6.07, 6.45) is 1.61. The van der Waals surface area contributed by atoms with E-state index >= 15 is 0 Å². The molecule has 4 rings (SSSR count). The Morgan fingerprint density at radius 2 is 2.07 bits per heavy atom. The van der Waals surface area contributed by atoms with Crippen molar-refractivity contribution in [1.29, 1.82) is 0 Å². The summed E-state index contributed by atoms with van der Waals surface area (Å²) in [6.45, 7) is 2.24. The first-order valence-corrected chi connectivity index (χ1v) is 9.51. The van der Waals surface area contributed by atoms with Crippen LogP contribution in [-0.4, -0.2) is 27.7 Å². The maximum Gasteiger partial charge on any atom is 0.337 e. The van der Waals surface area contributed by atoms with Gasteiger partial charge < -0.3 is 18.8 Å². The van der Waals surface area contributed by atoms with Gasteiger partial charge >= 0.3 is 5.97 Å². The molecular weight excluding hydrogens is 376 g/mol. The highest BCUT2D eigenvalue weighted by Crippen LogP contribution is 2.32. The van der Waals surface area contributed by atoms with Crippen LogP contribution in [-0.2, 0) is 6.54 Å². The molecule has 0 aliphatic heterocycles. The van der Waals surface area contributed by atoms with Crippen LogP contribution in [0.1, 0.15) is 21.8 Å². The molecule has 0 fully saturated rings. The number of rotatable bonds is 6. The molecule has 142 valence electrons. The highest BCUT2D eigenvalue weighted by atomic mass is 32.1. The smallest absolute Gasteiger partial charge is 0.337 e. The van der Waals surface area contributed by atoms with Crippen LogP contribution < -0.4 is 4.74 Å². The third-order valence-electron chi connectivity index (χ3n) is 4.59. The van der Waals surface area contributed by atoms with Crippen molar-refractivity contribution < 1.29 is 19.1 Å². The number of thiazole rings is 1. The van der Waals surface area contributed by atoms with Gasteiger partial charge in [-0.2, -0.15) is 0 Å². The van der Waals surface area contributed by atoms with Crippen LogP contribution in [0.5, 0.6) is 5.75 Å². The molecule has 0 unspecified atom stereocenters. The number of carbonyl (C=O) groups is 1. The summed E-state index contributed by atoms with van der Waals surface area (Å²) in [5.41, 5.74) is 3.40.